The highest BCUT2D eigenvalue weighted by Crippen LogP contribution is 2.41. The second-order valence-corrected chi connectivity index (χ2v) is 10.7. The second-order valence-electron chi connectivity index (χ2n) is 10.3. The number of aromatic nitrogens is 2. The summed E-state index contributed by atoms with van der Waals surface area (Å²) in [6, 6.07) is 13.3. The molecule has 202 valence electrons. The molecule has 0 fully saturated rings. The summed E-state index contributed by atoms with van der Waals surface area (Å²) in [6.45, 7) is 9.70. The Morgan fingerprint density at radius 2 is 1.79 bits per heavy atom. The number of rotatable bonds is 6. The molecule has 0 unspecified atom stereocenters. The second kappa shape index (κ2) is 10.3. The number of esters is 2. The molecule has 1 aliphatic rings. The molecule has 2 aromatic carbocycles. The van der Waals surface area contributed by atoms with Gasteiger partial charge in [-0.2, -0.15) is 0 Å². The Morgan fingerprint density at radius 3 is 2.49 bits per heavy atom. The lowest BCUT2D eigenvalue weighted by atomic mass is 9.97. The van der Waals surface area contributed by atoms with Crippen molar-refractivity contribution >= 4 is 34.4 Å². The first kappa shape index (κ1) is 26.6. The molecule has 39 heavy (non-hydrogen) atoms. The highest BCUT2D eigenvalue weighted by molar-refractivity contribution is 6.30. The van der Waals surface area contributed by atoms with Gasteiger partial charge in [0.1, 0.15) is 0 Å². The molecule has 0 spiro atoms. The molecule has 0 atom stereocenters. The molecule has 2 aromatic heterocycles. The zero-order valence-corrected chi connectivity index (χ0v) is 23.2. The van der Waals surface area contributed by atoms with Crippen molar-refractivity contribution in [3.63, 3.8) is 0 Å². The summed E-state index contributed by atoms with van der Waals surface area (Å²) in [7, 11) is 0. The first-order valence-electron chi connectivity index (χ1n) is 12.6. The van der Waals surface area contributed by atoms with Crippen molar-refractivity contribution in [1.29, 1.82) is 0 Å². The molecule has 4 aromatic rings. The van der Waals surface area contributed by atoms with Crippen molar-refractivity contribution in [2.75, 3.05) is 13.4 Å². The number of aryl methyl sites for hydroxylation is 1. The summed E-state index contributed by atoms with van der Waals surface area (Å²) in [6.07, 6.45) is 1.62. The molecule has 1 aliphatic heterocycles. The number of pyridine rings is 1. The SMILES string of the molecule is CCOC(=O)c1ncc2c(c(C)c(-c3ccc(Cl)cc3)n2Cc2ccc3c(c2)OCO3)c1OC(=O)C(C)(C)C. The van der Waals surface area contributed by atoms with E-state index in [1.807, 2.05) is 49.4 Å². The van der Waals surface area contributed by atoms with Crippen molar-refractivity contribution in [3.05, 3.63) is 70.5 Å². The van der Waals surface area contributed by atoms with Gasteiger partial charge in [-0.1, -0.05) is 29.8 Å². The lowest BCUT2D eigenvalue weighted by Crippen LogP contribution is -2.26. The van der Waals surface area contributed by atoms with Crippen LogP contribution in [0.2, 0.25) is 5.02 Å². The number of hydrogen-bond donors (Lipinski definition) is 0. The predicted octanol–water partition coefficient (Wildman–Crippen LogP) is 6.57. The molecule has 0 N–H and O–H groups in total. The highest BCUT2D eigenvalue weighted by atomic mass is 35.5. The average molecular weight is 549 g/mol. The lowest BCUT2D eigenvalue weighted by Gasteiger charge is -2.18. The predicted molar refractivity (Wildman–Crippen MR) is 148 cm³/mol. The van der Waals surface area contributed by atoms with E-state index >= 15 is 0 Å². The first-order chi connectivity index (χ1) is 18.6. The molecule has 0 bridgehead atoms. The minimum atomic E-state index is -0.809. The van der Waals surface area contributed by atoms with Gasteiger partial charge < -0.3 is 23.5 Å². The van der Waals surface area contributed by atoms with Crippen molar-refractivity contribution in [2.45, 2.75) is 41.2 Å². The van der Waals surface area contributed by atoms with E-state index in [1.165, 1.54) is 0 Å². The van der Waals surface area contributed by atoms with E-state index in [1.54, 1.807) is 33.9 Å². The Labute approximate surface area is 231 Å². The van der Waals surface area contributed by atoms with Crippen LogP contribution in [0.4, 0.5) is 0 Å². The maximum absolute atomic E-state index is 13.1. The van der Waals surface area contributed by atoms with Crippen LogP contribution < -0.4 is 14.2 Å². The number of hydrogen-bond acceptors (Lipinski definition) is 7. The van der Waals surface area contributed by atoms with Gasteiger partial charge in [0.25, 0.3) is 0 Å². The zero-order chi connectivity index (χ0) is 27.9. The van der Waals surface area contributed by atoms with E-state index in [9.17, 15) is 9.59 Å². The fourth-order valence-corrected chi connectivity index (χ4v) is 4.67. The summed E-state index contributed by atoms with van der Waals surface area (Å²) < 4.78 is 24.3. The van der Waals surface area contributed by atoms with Crippen LogP contribution in [0, 0.1) is 12.3 Å². The minimum absolute atomic E-state index is 0.0482. The molecule has 0 radical (unpaired) electrons. The fourth-order valence-electron chi connectivity index (χ4n) is 4.55. The summed E-state index contributed by atoms with van der Waals surface area (Å²) in [5.74, 6) is 0.312. The molecule has 0 amide bonds. The molecule has 3 heterocycles. The Balaban J connectivity index is 1.77. The molecule has 9 heteroatoms. The monoisotopic (exact) mass is 548 g/mol. The van der Waals surface area contributed by atoms with Gasteiger partial charge in [0.05, 0.1) is 34.8 Å². The van der Waals surface area contributed by atoms with E-state index in [4.69, 9.17) is 30.5 Å². The maximum Gasteiger partial charge on any atom is 0.360 e. The van der Waals surface area contributed by atoms with Crippen LogP contribution in [0.5, 0.6) is 17.2 Å². The smallest absolute Gasteiger partial charge is 0.360 e. The van der Waals surface area contributed by atoms with Crippen LogP contribution in [-0.4, -0.2) is 34.9 Å². The molecule has 5 rings (SSSR count). The number of fused-ring (bicyclic) bond motifs is 2. The molecule has 8 nitrogen and oxygen atoms in total. The summed E-state index contributed by atoms with van der Waals surface area (Å²) in [4.78, 5) is 30.4. The van der Waals surface area contributed by atoms with E-state index in [-0.39, 0.29) is 24.8 Å². The summed E-state index contributed by atoms with van der Waals surface area (Å²) >= 11 is 6.20. The van der Waals surface area contributed by atoms with E-state index < -0.39 is 17.4 Å². The number of ether oxygens (including phenoxy) is 4. The standard InChI is InChI=1S/C30H29ClN2O6/c1-6-36-28(34)25-27(39-29(35)30(3,4)5)24-17(2)26(19-8-10-20(31)11-9-19)33(21(24)14-32-25)15-18-7-12-22-23(13-18)38-16-37-22/h7-14H,6,15-16H2,1-5H3. The molecular weight excluding hydrogens is 520 g/mol. The van der Waals surface area contributed by atoms with Gasteiger partial charge in [-0.3, -0.25) is 4.79 Å². The van der Waals surface area contributed by atoms with E-state index in [0.717, 1.165) is 22.4 Å². The van der Waals surface area contributed by atoms with Gasteiger partial charge in [-0.15, -0.1) is 0 Å². The van der Waals surface area contributed by atoms with Gasteiger partial charge in [0.15, 0.2) is 22.9 Å². The van der Waals surface area contributed by atoms with Gasteiger partial charge in [0.2, 0.25) is 6.79 Å². The zero-order valence-electron chi connectivity index (χ0n) is 22.5. The molecular formula is C30H29ClN2O6. The normalized spacial score (nSPS) is 12.6. The van der Waals surface area contributed by atoms with Gasteiger partial charge in [-0.25, -0.2) is 9.78 Å². The number of carbonyl (C=O) groups is 2. The van der Waals surface area contributed by atoms with Crippen molar-refractivity contribution in [3.8, 4) is 28.5 Å². The van der Waals surface area contributed by atoms with Gasteiger partial charge in [0, 0.05) is 11.6 Å². The lowest BCUT2D eigenvalue weighted by molar-refractivity contribution is -0.142. The van der Waals surface area contributed by atoms with Crippen LogP contribution >= 0.6 is 11.6 Å². The van der Waals surface area contributed by atoms with Crippen molar-refractivity contribution in [2.24, 2.45) is 5.41 Å². The Hall–Kier alpha value is -4.04. The third kappa shape index (κ3) is 5.04. The van der Waals surface area contributed by atoms with E-state index in [0.29, 0.717) is 34.0 Å². The number of halogens is 1. The third-order valence-electron chi connectivity index (χ3n) is 6.48. The maximum atomic E-state index is 13.1. The molecule has 0 saturated carbocycles. The average Bonchev–Trinajstić information content (AvgIpc) is 3.46. The molecule has 0 aliphatic carbocycles. The Morgan fingerprint density at radius 1 is 1.08 bits per heavy atom. The van der Waals surface area contributed by atoms with Crippen LogP contribution in [0.1, 0.15) is 49.3 Å². The van der Waals surface area contributed by atoms with Gasteiger partial charge in [-0.05, 0) is 75.6 Å². The number of nitrogens with zero attached hydrogens (tertiary/aromatic N) is 2. The third-order valence-corrected chi connectivity index (χ3v) is 6.73. The minimum Gasteiger partial charge on any atom is -0.461 e. The fraction of sp³-hybridized carbons (Fsp3) is 0.300. The Kier molecular flexibility index (Phi) is 6.99. The van der Waals surface area contributed by atoms with E-state index in [2.05, 4.69) is 9.55 Å². The molecule has 0 saturated heterocycles. The van der Waals surface area contributed by atoms with Crippen LogP contribution in [0.15, 0.2) is 48.7 Å². The number of benzene rings is 2. The summed E-state index contributed by atoms with van der Waals surface area (Å²) in [5, 5.41) is 1.22. The first-order valence-corrected chi connectivity index (χ1v) is 13.0. The van der Waals surface area contributed by atoms with Crippen LogP contribution in [-0.2, 0) is 16.1 Å². The largest absolute Gasteiger partial charge is 0.461 e. The quantitative estimate of drug-likeness (QED) is 0.252. The highest BCUT2D eigenvalue weighted by Gasteiger charge is 2.31. The summed E-state index contributed by atoms with van der Waals surface area (Å²) in [5.41, 5.74) is 3.39. The van der Waals surface area contributed by atoms with Crippen molar-refractivity contribution in [1.82, 2.24) is 9.55 Å². The van der Waals surface area contributed by atoms with Gasteiger partial charge >= 0.3 is 11.9 Å². The topological polar surface area (TPSA) is 88.9 Å². The van der Waals surface area contributed by atoms with Crippen LogP contribution in [0.25, 0.3) is 22.2 Å². The van der Waals surface area contributed by atoms with Crippen LogP contribution in [0.3, 0.4) is 0 Å². The van der Waals surface area contributed by atoms with Crippen molar-refractivity contribution < 1.29 is 28.5 Å². The Bertz CT molecular complexity index is 1580. The number of carbonyl (C=O) groups excluding carboxylic acids is 2.